The van der Waals surface area contributed by atoms with Crippen molar-refractivity contribution in [1.82, 2.24) is 10.6 Å². The molecule has 0 aliphatic heterocycles. The van der Waals surface area contributed by atoms with Crippen molar-refractivity contribution in [2.75, 3.05) is 19.9 Å². The zero-order chi connectivity index (χ0) is 21.3. The van der Waals surface area contributed by atoms with Gasteiger partial charge in [-0.15, -0.1) is 24.0 Å². The molecule has 2 aromatic carbocycles. The van der Waals surface area contributed by atoms with E-state index in [9.17, 15) is 12.8 Å². The van der Waals surface area contributed by atoms with Gasteiger partial charge in [0.05, 0.1) is 12.4 Å². The quantitative estimate of drug-likeness (QED) is 0.285. The first-order valence-electron chi connectivity index (χ1n) is 9.36. The van der Waals surface area contributed by atoms with Gasteiger partial charge in [0.25, 0.3) is 0 Å². The molecule has 0 unspecified atom stereocenters. The van der Waals surface area contributed by atoms with E-state index in [2.05, 4.69) is 15.6 Å². The lowest BCUT2D eigenvalue weighted by atomic mass is 10.1. The zero-order valence-electron chi connectivity index (χ0n) is 17.4. The molecular formula is C21H29FIN3O3S. The van der Waals surface area contributed by atoms with E-state index < -0.39 is 15.7 Å². The van der Waals surface area contributed by atoms with Gasteiger partial charge in [0, 0.05) is 33.0 Å². The Bertz CT molecular complexity index is 935. The number of hydrogen-bond donors (Lipinski definition) is 2. The van der Waals surface area contributed by atoms with E-state index in [1.807, 2.05) is 31.2 Å². The number of halogens is 2. The Hall–Kier alpha value is -1.72. The summed E-state index contributed by atoms with van der Waals surface area (Å²) in [6, 6.07) is 12.2. The maximum absolute atomic E-state index is 13.6. The van der Waals surface area contributed by atoms with E-state index in [1.165, 1.54) is 18.2 Å². The fourth-order valence-corrected chi connectivity index (χ4v) is 3.59. The van der Waals surface area contributed by atoms with Crippen LogP contribution in [0.1, 0.15) is 29.2 Å². The average molecular weight is 549 g/mol. The molecule has 30 heavy (non-hydrogen) atoms. The Balaban J connectivity index is 0.00000450. The summed E-state index contributed by atoms with van der Waals surface area (Å²) in [4.78, 5) is 4.17. The number of guanidine groups is 1. The molecule has 0 bridgehead atoms. The van der Waals surface area contributed by atoms with Gasteiger partial charge in [-0.1, -0.05) is 30.3 Å². The SMILES string of the molecule is CCOCc1ccc(CNC(=NC)NCc2cc(F)ccc2CS(C)(=O)=O)cc1.I. The summed E-state index contributed by atoms with van der Waals surface area (Å²) >= 11 is 0. The average Bonchev–Trinajstić information content (AvgIpc) is 2.68. The molecule has 6 nitrogen and oxygen atoms in total. The lowest BCUT2D eigenvalue weighted by Gasteiger charge is -2.14. The predicted octanol–water partition coefficient (Wildman–Crippen LogP) is 3.39. The van der Waals surface area contributed by atoms with Crippen LogP contribution in [0.5, 0.6) is 0 Å². The van der Waals surface area contributed by atoms with Gasteiger partial charge < -0.3 is 15.4 Å². The summed E-state index contributed by atoms with van der Waals surface area (Å²) < 4.78 is 42.3. The van der Waals surface area contributed by atoms with Gasteiger partial charge in [-0.3, -0.25) is 4.99 Å². The lowest BCUT2D eigenvalue weighted by molar-refractivity contribution is 0.134. The van der Waals surface area contributed by atoms with E-state index in [0.29, 0.717) is 36.8 Å². The van der Waals surface area contributed by atoms with Crippen LogP contribution in [-0.4, -0.2) is 34.3 Å². The molecule has 0 saturated carbocycles. The van der Waals surface area contributed by atoms with Gasteiger partial charge in [-0.2, -0.15) is 0 Å². The molecule has 0 aliphatic carbocycles. The van der Waals surface area contributed by atoms with Gasteiger partial charge in [-0.05, 0) is 41.3 Å². The highest BCUT2D eigenvalue weighted by Gasteiger charge is 2.11. The van der Waals surface area contributed by atoms with Crippen molar-refractivity contribution in [3.05, 3.63) is 70.5 Å². The van der Waals surface area contributed by atoms with Gasteiger partial charge in [0.1, 0.15) is 5.82 Å². The summed E-state index contributed by atoms with van der Waals surface area (Å²) in [6.45, 7) is 4.06. The van der Waals surface area contributed by atoms with Gasteiger partial charge in [-0.25, -0.2) is 12.8 Å². The van der Waals surface area contributed by atoms with Crippen LogP contribution in [0.2, 0.25) is 0 Å². The molecule has 0 radical (unpaired) electrons. The van der Waals surface area contributed by atoms with Crippen molar-refractivity contribution in [2.45, 2.75) is 32.4 Å². The molecule has 0 atom stereocenters. The Morgan fingerprint density at radius 1 is 1.03 bits per heavy atom. The molecular weight excluding hydrogens is 520 g/mol. The highest BCUT2D eigenvalue weighted by atomic mass is 127. The minimum atomic E-state index is -3.22. The fourth-order valence-electron chi connectivity index (χ4n) is 2.74. The van der Waals surface area contributed by atoms with Gasteiger partial charge in [0.2, 0.25) is 0 Å². The van der Waals surface area contributed by atoms with Crippen molar-refractivity contribution in [1.29, 1.82) is 0 Å². The van der Waals surface area contributed by atoms with Crippen LogP contribution in [0.4, 0.5) is 4.39 Å². The van der Waals surface area contributed by atoms with Crippen LogP contribution >= 0.6 is 24.0 Å². The van der Waals surface area contributed by atoms with Crippen LogP contribution in [0.3, 0.4) is 0 Å². The Labute approximate surface area is 195 Å². The van der Waals surface area contributed by atoms with E-state index in [-0.39, 0.29) is 36.3 Å². The van der Waals surface area contributed by atoms with Crippen molar-refractivity contribution in [2.24, 2.45) is 4.99 Å². The van der Waals surface area contributed by atoms with Crippen LogP contribution in [0.15, 0.2) is 47.5 Å². The number of sulfone groups is 1. The third-order valence-electron chi connectivity index (χ3n) is 4.21. The van der Waals surface area contributed by atoms with E-state index >= 15 is 0 Å². The van der Waals surface area contributed by atoms with Crippen LogP contribution in [0.25, 0.3) is 0 Å². The second kappa shape index (κ2) is 12.9. The minimum absolute atomic E-state index is 0. The summed E-state index contributed by atoms with van der Waals surface area (Å²) in [7, 11) is -1.58. The molecule has 2 aromatic rings. The number of ether oxygens (including phenoxy) is 1. The minimum Gasteiger partial charge on any atom is -0.377 e. The molecule has 0 heterocycles. The molecule has 0 fully saturated rings. The second-order valence-electron chi connectivity index (χ2n) is 6.72. The zero-order valence-corrected chi connectivity index (χ0v) is 20.6. The second-order valence-corrected chi connectivity index (χ2v) is 8.86. The standard InChI is InChI=1S/C21H28FN3O3S.HI/c1-4-28-14-17-7-5-16(6-8-17)12-24-21(23-2)25-13-19-11-20(22)10-9-18(19)15-29(3,26)27;/h5-11H,4,12-15H2,1-3H3,(H2,23,24,25);1H. The number of hydrogen-bond acceptors (Lipinski definition) is 4. The number of benzene rings is 2. The first-order chi connectivity index (χ1) is 13.8. The summed E-state index contributed by atoms with van der Waals surface area (Å²) in [5.41, 5.74) is 3.35. The highest BCUT2D eigenvalue weighted by molar-refractivity contribution is 14.0. The largest absolute Gasteiger partial charge is 0.377 e. The summed E-state index contributed by atoms with van der Waals surface area (Å²) in [5, 5.41) is 6.30. The Morgan fingerprint density at radius 2 is 1.67 bits per heavy atom. The third kappa shape index (κ3) is 9.40. The van der Waals surface area contributed by atoms with Crippen LogP contribution in [0, 0.1) is 5.82 Å². The maximum atomic E-state index is 13.6. The first-order valence-corrected chi connectivity index (χ1v) is 11.4. The number of nitrogens with one attached hydrogen (secondary N) is 2. The monoisotopic (exact) mass is 549 g/mol. The van der Waals surface area contributed by atoms with Gasteiger partial charge >= 0.3 is 0 Å². The fraction of sp³-hybridized carbons (Fsp3) is 0.381. The third-order valence-corrected chi connectivity index (χ3v) is 5.05. The van der Waals surface area contributed by atoms with E-state index in [0.717, 1.165) is 17.4 Å². The Kier molecular flexibility index (Phi) is 11.3. The molecule has 0 saturated heterocycles. The molecule has 0 aliphatic rings. The molecule has 166 valence electrons. The van der Waals surface area contributed by atoms with Crippen LogP contribution in [-0.2, 0) is 40.0 Å². The van der Waals surface area contributed by atoms with Crippen molar-refractivity contribution >= 4 is 39.8 Å². The number of aliphatic imine (C=N–C) groups is 1. The summed E-state index contributed by atoms with van der Waals surface area (Å²) in [5.74, 6) is -0.00293. The van der Waals surface area contributed by atoms with Crippen molar-refractivity contribution in [3.63, 3.8) is 0 Å². The number of nitrogens with zero attached hydrogens (tertiary/aromatic N) is 1. The molecule has 2 N–H and O–H groups in total. The maximum Gasteiger partial charge on any atom is 0.191 e. The smallest absolute Gasteiger partial charge is 0.191 e. The number of rotatable bonds is 9. The molecule has 0 amide bonds. The Morgan fingerprint density at radius 3 is 2.27 bits per heavy atom. The highest BCUT2D eigenvalue weighted by Crippen LogP contribution is 2.14. The summed E-state index contributed by atoms with van der Waals surface area (Å²) in [6.07, 6.45) is 1.16. The van der Waals surface area contributed by atoms with E-state index in [1.54, 1.807) is 7.05 Å². The molecule has 0 aromatic heterocycles. The lowest BCUT2D eigenvalue weighted by Crippen LogP contribution is -2.36. The topological polar surface area (TPSA) is 79.8 Å². The van der Waals surface area contributed by atoms with Crippen molar-refractivity contribution < 1.29 is 17.5 Å². The molecule has 9 heteroatoms. The predicted molar refractivity (Wildman–Crippen MR) is 129 cm³/mol. The normalized spacial score (nSPS) is 11.7. The molecule has 0 spiro atoms. The van der Waals surface area contributed by atoms with Crippen LogP contribution < -0.4 is 10.6 Å². The van der Waals surface area contributed by atoms with Crippen molar-refractivity contribution in [3.8, 4) is 0 Å². The van der Waals surface area contributed by atoms with Gasteiger partial charge in [0.15, 0.2) is 15.8 Å². The van der Waals surface area contributed by atoms with E-state index in [4.69, 9.17) is 4.74 Å². The molecule has 2 rings (SSSR count). The first kappa shape index (κ1) is 26.3.